The molecule has 1 heterocycles. The average molecular weight is 213 g/mol. The quantitative estimate of drug-likeness (QED) is 0.672. The molecule has 0 saturated carbocycles. The smallest absolute Gasteiger partial charge is 0.0907 e. The molecule has 0 bridgehead atoms. The average Bonchev–Trinajstić information content (AvgIpc) is 2.43. The van der Waals surface area contributed by atoms with Crippen molar-refractivity contribution in [3.8, 4) is 0 Å². The van der Waals surface area contributed by atoms with Gasteiger partial charge in [-0.05, 0) is 25.1 Å². The fraction of sp³-hybridized carbons (Fsp3) is 0.125. The summed E-state index contributed by atoms with van der Waals surface area (Å²) >= 11 is 3.44. The van der Waals surface area contributed by atoms with Crippen LogP contribution in [0.25, 0.3) is 10.2 Å². The summed E-state index contributed by atoms with van der Waals surface area (Å²) in [6.45, 7) is 2.04. The van der Waals surface area contributed by atoms with Gasteiger partial charge in [-0.3, -0.25) is 0 Å². The largest absolute Gasteiger partial charge is 0.242 e. The van der Waals surface area contributed by atoms with Gasteiger partial charge in [0.1, 0.15) is 0 Å². The number of thiazole rings is 1. The summed E-state index contributed by atoms with van der Waals surface area (Å²) in [5, 5.41) is 1.14. The third-order valence-electron chi connectivity index (χ3n) is 1.60. The van der Waals surface area contributed by atoms with Crippen molar-refractivity contribution in [3.05, 3.63) is 23.2 Å². The molecular formula is C8H8NPS2. The predicted molar refractivity (Wildman–Crippen MR) is 59.9 cm³/mol. The fourth-order valence-corrected chi connectivity index (χ4v) is 2.81. The van der Waals surface area contributed by atoms with E-state index in [4.69, 9.17) is 0 Å². The molecule has 0 spiro atoms. The zero-order chi connectivity index (χ0) is 8.55. The van der Waals surface area contributed by atoms with Gasteiger partial charge in [-0.15, -0.1) is 22.7 Å². The first-order valence-electron chi connectivity index (χ1n) is 3.53. The SMILES string of the molecule is Cc1nc2ccc(SP)cc2s1. The molecule has 12 heavy (non-hydrogen) atoms. The van der Waals surface area contributed by atoms with E-state index in [9.17, 15) is 0 Å². The predicted octanol–water partition coefficient (Wildman–Crippen LogP) is 3.49. The van der Waals surface area contributed by atoms with Crippen molar-refractivity contribution in [2.45, 2.75) is 11.8 Å². The highest BCUT2D eigenvalue weighted by Crippen LogP contribution is 2.30. The van der Waals surface area contributed by atoms with Crippen LogP contribution in [0.3, 0.4) is 0 Å². The van der Waals surface area contributed by atoms with Gasteiger partial charge in [0.2, 0.25) is 0 Å². The van der Waals surface area contributed by atoms with Gasteiger partial charge >= 0.3 is 0 Å². The minimum atomic E-state index is 1.11. The van der Waals surface area contributed by atoms with E-state index in [-0.39, 0.29) is 0 Å². The molecule has 2 aromatic rings. The second kappa shape index (κ2) is 3.33. The first-order valence-corrected chi connectivity index (χ1v) is 6.64. The van der Waals surface area contributed by atoms with Gasteiger partial charge in [0.05, 0.1) is 15.2 Å². The van der Waals surface area contributed by atoms with Gasteiger partial charge in [-0.2, -0.15) is 0 Å². The molecule has 0 aliphatic rings. The fourth-order valence-electron chi connectivity index (χ4n) is 1.09. The summed E-state index contributed by atoms with van der Waals surface area (Å²) in [6, 6.07) is 6.35. The second-order valence-corrected chi connectivity index (χ2v) is 5.13. The van der Waals surface area contributed by atoms with E-state index in [1.54, 1.807) is 22.7 Å². The molecule has 1 atom stereocenters. The molecule has 0 N–H and O–H groups in total. The van der Waals surface area contributed by atoms with Crippen LogP contribution in [0, 0.1) is 6.92 Å². The normalized spacial score (nSPS) is 10.8. The number of hydrogen-bond acceptors (Lipinski definition) is 3. The van der Waals surface area contributed by atoms with Crippen LogP contribution in [0.15, 0.2) is 23.1 Å². The van der Waals surface area contributed by atoms with E-state index in [1.165, 1.54) is 9.60 Å². The summed E-state index contributed by atoms with van der Waals surface area (Å²) in [4.78, 5) is 5.67. The number of hydrogen-bond donors (Lipinski definition) is 0. The Kier molecular flexibility index (Phi) is 2.35. The first kappa shape index (κ1) is 8.49. The van der Waals surface area contributed by atoms with Gasteiger partial charge in [0, 0.05) is 4.90 Å². The molecule has 62 valence electrons. The van der Waals surface area contributed by atoms with Crippen LogP contribution in [0.5, 0.6) is 0 Å². The van der Waals surface area contributed by atoms with Crippen molar-refractivity contribution in [3.63, 3.8) is 0 Å². The maximum atomic E-state index is 4.39. The van der Waals surface area contributed by atoms with E-state index in [2.05, 4.69) is 31.6 Å². The number of rotatable bonds is 1. The molecular weight excluding hydrogens is 205 g/mol. The van der Waals surface area contributed by atoms with Crippen LogP contribution in [0.2, 0.25) is 0 Å². The molecule has 4 heteroatoms. The number of aromatic nitrogens is 1. The van der Waals surface area contributed by atoms with Crippen molar-refractivity contribution >= 4 is 41.4 Å². The maximum absolute atomic E-state index is 4.39. The van der Waals surface area contributed by atoms with E-state index < -0.39 is 0 Å². The molecule has 1 aromatic carbocycles. The Morgan fingerprint density at radius 3 is 3.08 bits per heavy atom. The van der Waals surface area contributed by atoms with Crippen molar-refractivity contribution in [1.82, 2.24) is 4.98 Å². The minimum Gasteiger partial charge on any atom is -0.242 e. The summed E-state index contributed by atoms with van der Waals surface area (Å²) in [7, 11) is 2.65. The van der Waals surface area contributed by atoms with Gasteiger partial charge in [-0.1, -0.05) is 8.44 Å². The maximum Gasteiger partial charge on any atom is 0.0907 e. The lowest BCUT2D eigenvalue weighted by atomic mass is 10.3. The van der Waals surface area contributed by atoms with Crippen LogP contribution >= 0.6 is 31.2 Å². The van der Waals surface area contributed by atoms with Crippen molar-refractivity contribution in [2.24, 2.45) is 0 Å². The lowest BCUT2D eigenvalue weighted by Gasteiger charge is -1.92. The third-order valence-corrected chi connectivity index (χ3v) is 3.88. The molecule has 1 aromatic heterocycles. The van der Waals surface area contributed by atoms with Crippen LogP contribution < -0.4 is 0 Å². The second-order valence-electron chi connectivity index (χ2n) is 2.48. The number of aryl methyl sites for hydroxylation is 1. The van der Waals surface area contributed by atoms with Gasteiger partial charge in [-0.25, -0.2) is 4.98 Å². The molecule has 0 amide bonds. The molecule has 0 aliphatic heterocycles. The molecule has 0 aliphatic carbocycles. The Morgan fingerprint density at radius 2 is 2.33 bits per heavy atom. The molecule has 2 rings (SSSR count). The van der Waals surface area contributed by atoms with Crippen LogP contribution in [-0.2, 0) is 0 Å². The molecule has 0 saturated heterocycles. The lowest BCUT2D eigenvalue weighted by molar-refractivity contribution is 1.34. The first-order chi connectivity index (χ1) is 5.79. The van der Waals surface area contributed by atoms with Gasteiger partial charge in [0.15, 0.2) is 0 Å². The van der Waals surface area contributed by atoms with E-state index in [1.807, 2.05) is 6.92 Å². The summed E-state index contributed by atoms with van der Waals surface area (Å²) < 4.78 is 1.28. The highest BCUT2D eigenvalue weighted by molar-refractivity contribution is 8.43. The monoisotopic (exact) mass is 213 g/mol. The highest BCUT2D eigenvalue weighted by atomic mass is 32.7. The van der Waals surface area contributed by atoms with E-state index in [0.29, 0.717) is 0 Å². The number of nitrogens with zero attached hydrogens (tertiary/aromatic N) is 1. The minimum absolute atomic E-state index is 1.11. The highest BCUT2D eigenvalue weighted by Gasteiger charge is 2.00. The Labute approximate surface area is 81.5 Å². The molecule has 1 nitrogen and oxygen atoms in total. The standard InChI is InChI=1S/C8H8NPS2/c1-5-9-7-3-2-6(12-10)4-8(7)11-5/h2-4H,10H2,1H3. The Hall–Kier alpha value is -0.110. The third kappa shape index (κ3) is 1.49. The lowest BCUT2D eigenvalue weighted by Crippen LogP contribution is -1.68. The summed E-state index contributed by atoms with van der Waals surface area (Å²) in [6.07, 6.45) is 0. The van der Waals surface area contributed by atoms with Gasteiger partial charge < -0.3 is 0 Å². The number of fused-ring (bicyclic) bond motifs is 1. The zero-order valence-electron chi connectivity index (χ0n) is 6.57. The number of benzene rings is 1. The van der Waals surface area contributed by atoms with Crippen LogP contribution in [0.1, 0.15) is 5.01 Å². The van der Waals surface area contributed by atoms with Gasteiger partial charge in [0.25, 0.3) is 0 Å². The van der Waals surface area contributed by atoms with Crippen LogP contribution in [0.4, 0.5) is 0 Å². The summed E-state index contributed by atoms with van der Waals surface area (Å²) in [5.74, 6) is 0. The Bertz CT molecular complexity index is 410. The van der Waals surface area contributed by atoms with Crippen molar-refractivity contribution < 1.29 is 0 Å². The molecule has 1 unspecified atom stereocenters. The molecule has 0 radical (unpaired) electrons. The van der Waals surface area contributed by atoms with Crippen LogP contribution in [-0.4, -0.2) is 4.98 Å². The van der Waals surface area contributed by atoms with Crippen molar-refractivity contribution in [2.75, 3.05) is 0 Å². The summed E-state index contributed by atoms with van der Waals surface area (Å²) in [5.41, 5.74) is 1.11. The van der Waals surface area contributed by atoms with Crippen molar-refractivity contribution in [1.29, 1.82) is 0 Å². The Balaban J connectivity index is 2.66. The Morgan fingerprint density at radius 1 is 1.50 bits per heavy atom. The molecule has 0 fully saturated rings. The topological polar surface area (TPSA) is 12.9 Å². The van der Waals surface area contributed by atoms with E-state index >= 15 is 0 Å². The zero-order valence-corrected chi connectivity index (χ0v) is 9.36. The van der Waals surface area contributed by atoms with E-state index in [0.717, 1.165) is 10.5 Å².